The maximum absolute atomic E-state index is 14.0. The minimum absolute atomic E-state index is 0.0627. The molecule has 160 valence electrons. The van der Waals surface area contributed by atoms with E-state index in [1.165, 1.54) is 0 Å². The quantitative estimate of drug-likeness (QED) is 0.412. The second-order valence-electron chi connectivity index (χ2n) is 8.12. The van der Waals surface area contributed by atoms with Crippen LogP contribution in [0.2, 0.25) is 0 Å². The van der Waals surface area contributed by atoms with Crippen LogP contribution in [0, 0.1) is 11.3 Å². The van der Waals surface area contributed by atoms with Crippen LogP contribution in [0.25, 0.3) is 22.0 Å². The normalized spacial score (nSPS) is 18.1. The first kappa shape index (κ1) is 20.1. The Kier molecular flexibility index (Phi) is 4.48. The average molecular weight is 432 g/mol. The van der Waals surface area contributed by atoms with Crippen molar-refractivity contribution in [3.05, 3.63) is 83.4 Å². The SMILES string of the molecule is CC1(c2ccccc2)CCNc2c3c(-c4ccccc4)cc(C(F)(F)F)c(C#N)c3nn21. The number of aromatic nitrogens is 2. The number of benzene rings is 3. The van der Waals surface area contributed by atoms with Gasteiger partial charge in [0.2, 0.25) is 0 Å². The van der Waals surface area contributed by atoms with Crippen molar-refractivity contribution < 1.29 is 13.2 Å². The average Bonchev–Trinajstić information content (AvgIpc) is 3.20. The molecule has 3 aromatic carbocycles. The van der Waals surface area contributed by atoms with E-state index in [9.17, 15) is 18.4 Å². The Morgan fingerprint density at radius 2 is 1.72 bits per heavy atom. The third-order valence-corrected chi connectivity index (χ3v) is 6.22. The van der Waals surface area contributed by atoms with E-state index in [4.69, 9.17) is 0 Å². The Bertz CT molecular complexity index is 1350. The van der Waals surface area contributed by atoms with Crippen molar-refractivity contribution in [2.24, 2.45) is 0 Å². The van der Waals surface area contributed by atoms with Gasteiger partial charge in [-0.1, -0.05) is 60.7 Å². The molecule has 4 aromatic rings. The van der Waals surface area contributed by atoms with E-state index in [-0.39, 0.29) is 5.52 Å². The summed E-state index contributed by atoms with van der Waals surface area (Å²) < 4.78 is 43.6. The molecular weight excluding hydrogens is 413 g/mol. The summed E-state index contributed by atoms with van der Waals surface area (Å²) in [5.74, 6) is 0.627. The molecule has 1 unspecified atom stereocenters. The highest BCUT2D eigenvalue weighted by molar-refractivity contribution is 6.06. The monoisotopic (exact) mass is 432 g/mol. The van der Waals surface area contributed by atoms with Gasteiger partial charge in [0, 0.05) is 6.54 Å². The van der Waals surface area contributed by atoms with Gasteiger partial charge in [0.05, 0.1) is 22.1 Å². The molecule has 0 saturated carbocycles. The van der Waals surface area contributed by atoms with Crippen molar-refractivity contribution in [1.29, 1.82) is 5.26 Å². The number of fused-ring (bicyclic) bond motifs is 3. The molecule has 32 heavy (non-hydrogen) atoms. The first-order valence-electron chi connectivity index (χ1n) is 10.3. The zero-order chi connectivity index (χ0) is 22.5. The van der Waals surface area contributed by atoms with Crippen molar-refractivity contribution in [2.45, 2.75) is 25.1 Å². The Balaban J connectivity index is 1.91. The molecule has 1 atom stereocenters. The van der Waals surface area contributed by atoms with Crippen molar-refractivity contribution >= 4 is 16.7 Å². The molecule has 7 heteroatoms. The van der Waals surface area contributed by atoms with Crippen LogP contribution in [-0.4, -0.2) is 16.3 Å². The Morgan fingerprint density at radius 1 is 1.06 bits per heavy atom. The molecule has 1 N–H and O–H groups in total. The third-order valence-electron chi connectivity index (χ3n) is 6.22. The van der Waals surface area contributed by atoms with Crippen molar-refractivity contribution in [1.82, 2.24) is 9.78 Å². The Hall–Kier alpha value is -3.79. The molecule has 5 rings (SSSR count). The van der Waals surface area contributed by atoms with Gasteiger partial charge < -0.3 is 5.32 Å². The summed E-state index contributed by atoms with van der Waals surface area (Å²) in [6.07, 6.45) is -3.98. The van der Waals surface area contributed by atoms with Crippen LogP contribution < -0.4 is 5.32 Å². The molecule has 1 aliphatic heterocycles. The number of hydrogen-bond acceptors (Lipinski definition) is 3. The molecule has 4 nitrogen and oxygen atoms in total. The topological polar surface area (TPSA) is 53.6 Å². The predicted octanol–water partition coefficient (Wildman–Crippen LogP) is 6.17. The highest BCUT2D eigenvalue weighted by atomic mass is 19.4. The molecule has 0 aliphatic carbocycles. The van der Waals surface area contributed by atoms with Crippen LogP contribution in [-0.2, 0) is 11.7 Å². The minimum atomic E-state index is -4.68. The van der Waals surface area contributed by atoms with Gasteiger partial charge in [-0.3, -0.25) is 0 Å². The van der Waals surface area contributed by atoms with Gasteiger partial charge in [0.15, 0.2) is 0 Å². The van der Waals surface area contributed by atoms with Gasteiger partial charge in [0.1, 0.15) is 17.4 Å². The van der Waals surface area contributed by atoms with E-state index in [2.05, 4.69) is 10.4 Å². The summed E-state index contributed by atoms with van der Waals surface area (Å²) in [6, 6.07) is 21.5. The predicted molar refractivity (Wildman–Crippen MR) is 117 cm³/mol. The third kappa shape index (κ3) is 2.94. The molecule has 0 amide bonds. The molecular formula is C25H19F3N4. The van der Waals surface area contributed by atoms with Crippen LogP contribution in [0.5, 0.6) is 0 Å². The van der Waals surface area contributed by atoms with Gasteiger partial charge in [0.25, 0.3) is 0 Å². The Labute approximate surface area is 182 Å². The molecule has 0 saturated heterocycles. The molecule has 1 aromatic heterocycles. The highest BCUT2D eigenvalue weighted by Gasteiger charge is 2.40. The summed E-state index contributed by atoms with van der Waals surface area (Å²) in [7, 11) is 0. The van der Waals surface area contributed by atoms with Gasteiger partial charge in [-0.25, -0.2) is 4.68 Å². The Morgan fingerprint density at radius 3 is 2.34 bits per heavy atom. The maximum atomic E-state index is 14.0. The number of anilines is 1. The lowest BCUT2D eigenvalue weighted by Gasteiger charge is -2.36. The summed E-state index contributed by atoms with van der Waals surface area (Å²) in [6.45, 7) is 2.65. The lowest BCUT2D eigenvalue weighted by molar-refractivity contribution is -0.137. The fourth-order valence-corrected chi connectivity index (χ4v) is 4.56. The summed E-state index contributed by atoms with van der Waals surface area (Å²) >= 11 is 0. The van der Waals surface area contributed by atoms with E-state index in [0.717, 1.165) is 11.6 Å². The number of nitriles is 1. The number of rotatable bonds is 2. The van der Waals surface area contributed by atoms with Gasteiger partial charge in [-0.05, 0) is 36.1 Å². The first-order valence-corrected chi connectivity index (χ1v) is 10.3. The number of hydrogen-bond donors (Lipinski definition) is 1. The second kappa shape index (κ2) is 7.13. The lowest BCUT2D eigenvalue weighted by Crippen LogP contribution is -2.39. The zero-order valence-corrected chi connectivity index (χ0v) is 17.2. The molecule has 0 fully saturated rings. The number of alkyl halides is 3. The number of nitrogens with one attached hydrogen (secondary N) is 1. The van der Waals surface area contributed by atoms with E-state index < -0.39 is 22.8 Å². The van der Waals surface area contributed by atoms with Crippen LogP contribution >= 0.6 is 0 Å². The molecule has 2 heterocycles. The zero-order valence-electron chi connectivity index (χ0n) is 17.2. The van der Waals surface area contributed by atoms with Gasteiger partial charge >= 0.3 is 6.18 Å². The van der Waals surface area contributed by atoms with Crippen LogP contribution in [0.4, 0.5) is 19.0 Å². The number of nitrogens with zero attached hydrogens (tertiary/aromatic N) is 3. The van der Waals surface area contributed by atoms with Crippen LogP contribution in [0.15, 0.2) is 66.7 Å². The maximum Gasteiger partial charge on any atom is 0.417 e. The first-order chi connectivity index (χ1) is 15.3. The molecule has 1 aliphatic rings. The lowest BCUT2D eigenvalue weighted by atomic mass is 9.87. The smallest absolute Gasteiger partial charge is 0.370 e. The van der Waals surface area contributed by atoms with Crippen molar-refractivity contribution in [2.75, 3.05) is 11.9 Å². The van der Waals surface area contributed by atoms with Gasteiger partial charge in [-0.2, -0.15) is 23.5 Å². The standard InChI is InChI=1S/C25H19F3N4/c1-24(17-10-6-3-7-11-17)12-13-30-23-21-18(16-8-4-2-5-9-16)14-20(25(26,27)28)19(15-29)22(21)31-32(23)24/h2-11,14,30H,12-13H2,1H3. The van der Waals surface area contributed by atoms with Crippen LogP contribution in [0.3, 0.4) is 0 Å². The molecule has 0 radical (unpaired) electrons. The van der Waals surface area contributed by atoms with Crippen LogP contribution in [0.1, 0.15) is 30.0 Å². The summed E-state index contributed by atoms with van der Waals surface area (Å²) in [5, 5.41) is 18.2. The fraction of sp³-hybridized carbons (Fsp3) is 0.200. The molecule has 0 bridgehead atoms. The van der Waals surface area contributed by atoms with Gasteiger partial charge in [-0.15, -0.1) is 0 Å². The number of halogens is 3. The second-order valence-corrected chi connectivity index (χ2v) is 8.12. The summed E-state index contributed by atoms with van der Waals surface area (Å²) in [5.41, 5.74) is 0.114. The fourth-order valence-electron chi connectivity index (χ4n) is 4.56. The van der Waals surface area contributed by atoms with E-state index in [1.807, 2.05) is 43.3 Å². The summed E-state index contributed by atoms with van der Waals surface area (Å²) in [4.78, 5) is 0. The largest absolute Gasteiger partial charge is 0.417 e. The van der Waals surface area contributed by atoms with E-state index >= 15 is 0 Å². The minimum Gasteiger partial charge on any atom is -0.370 e. The van der Waals surface area contributed by atoms with E-state index in [0.29, 0.717) is 35.3 Å². The molecule has 0 spiro atoms. The van der Waals surface area contributed by atoms with E-state index in [1.54, 1.807) is 35.0 Å². The van der Waals surface area contributed by atoms with Crippen molar-refractivity contribution in [3.63, 3.8) is 0 Å². The van der Waals surface area contributed by atoms with Crippen molar-refractivity contribution in [3.8, 4) is 17.2 Å². The highest BCUT2D eigenvalue weighted by Crippen LogP contribution is 2.46.